The van der Waals surface area contributed by atoms with Crippen molar-refractivity contribution in [3.8, 4) is 11.5 Å². The van der Waals surface area contributed by atoms with Gasteiger partial charge in [-0.2, -0.15) is 0 Å². The first-order valence-electron chi connectivity index (χ1n) is 9.07. The molecule has 1 aromatic heterocycles. The Morgan fingerprint density at radius 3 is 2.21 bits per heavy atom. The average Bonchev–Trinajstić information content (AvgIpc) is 3.17. The Labute approximate surface area is 169 Å². The molecule has 0 fully saturated rings. The van der Waals surface area contributed by atoms with Crippen LogP contribution in [0.5, 0.6) is 0 Å². The van der Waals surface area contributed by atoms with Gasteiger partial charge in [-0.3, -0.25) is 0 Å². The van der Waals surface area contributed by atoms with Crippen molar-refractivity contribution >= 4 is 17.3 Å². The van der Waals surface area contributed by atoms with E-state index >= 15 is 0 Å². The molecule has 0 spiro atoms. The number of nitrogens with one attached hydrogen (secondary N) is 1. The van der Waals surface area contributed by atoms with Crippen molar-refractivity contribution in [3.05, 3.63) is 100 Å². The third kappa shape index (κ3) is 4.07. The molecule has 4 nitrogen and oxygen atoms in total. The molecule has 0 radical (unpaired) electrons. The smallest absolute Gasteiger partial charge is 0.247 e. The maximum atomic E-state index is 6.08. The van der Waals surface area contributed by atoms with Crippen molar-refractivity contribution in [3.63, 3.8) is 0 Å². The van der Waals surface area contributed by atoms with Gasteiger partial charge in [0, 0.05) is 16.3 Å². The zero-order valence-electron chi connectivity index (χ0n) is 15.7. The summed E-state index contributed by atoms with van der Waals surface area (Å²) in [6.07, 6.45) is 0. The summed E-state index contributed by atoms with van der Waals surface area (Å²) >= 11 is 6.08. The van der Waals surface area contributed by atoms with E-state index in [0.29, 0.717) is 16.8 Å². The van der Waals surface area contributed by atoms with E-state index in [2.05, 4.69) is 47.6 Å². The Bertz CT molecular complexity index is 1050. The predicted octanol–water partition coefficient (Wildman–Crippen LogP) is 6.21. The van der Waals surface area contributed by atoms with Gasteiger partial charge >= 0.3 is 0 Å². The molecule has 0 amide bonds. The fourth-order valence-corrected chi connectivity index (χ4v) is 3.34. The van der Waals surface area contributed by atoms with Crippen LogP contribution in [0.25, 0.3) is 11.5 Å². The quantitative estimate of drug-likeness (QED) is 0.441. The highest BCUT2D eigenvalue weighted by atomic mass is 35.5. The summed E-state index contributed by atoms with van der Waals surface area (Å²) in [6, 6.07) is 23.5. The maximum absolute atomic E-state index is 6.08. The van der Waals surface area contributed by atoms with E-state index in [1.165, 1.54) is 11.1 Å². The third-order valence-electron chi connectivity index (χ3n) is 4.44. The number of hydrogen-bond donors (Lipinski definition) is 1. The van der Waals surface area contributed by atoms with E-state index in [9.17, 15) is 0 Å². The average molecular weight is 390 g/mol. The molecule has 0 saturated carbocycles. The van der Waals surface area contributed by atoms with Gasteiger partial charge in [-0.05, 0) is 66.9 Å². The number of halogens is 1. The van der Waals surface area contributed by atoms with Crippen LogP contribution in [0.4, 0.5) is 5.69 Å². The van der Waals surface area contributed by atoms with Crippen molar-refractivity contribution < 1.29 is 4.42 Å². The minimum absolute atomic E-state index is 0.288. The highest BCUT2D eigenvalue weighted by molar-refractivity contribution is 6.30. The zero-order chi connectivity index (χ0) is 19.5. The summed E-state index contributed by atoms with van der Waals surface area (Å²) < 4.78 is 6.03. The lowest BCUT2D eigenvalue weighted by atomic mass is 10.1. The predicted molar refractivity (Wildman–Crippen MR) is 113 cm³/mol. The van der Waals surface area contributed by atoms with Crippen LogP contribution in [-0.2, 0) is 0 Å². The van der Waals surface area contributed by atoms with Gasteiger partial charge in [0.1, 0.15) is 6.04 Å². The number of hydrogen-bond acceptors (Lipinski definition) is 4. The van der Waals surface area contributed by atoms with E-state index in [0.717, 1.165) is 16.8 Å². The van der Waals surface area contributed by atoms with E-state index in [-0.39, 0.29) is 6.04 Å². The van der Waals surface area contributed by atoms with Gasteiger partial charge in [0.2, 0.25) is 11.8 Å². The number of nitrogens with zero attached hydrogens (tertiary/aromatic N) is 2. The Balaban J connectivity index is 1.73. The van der Waals surface area contributed by atoms with E-state index in [4.69, 9.17) is 16.0 Å². The molecule has 0 bridgehead atoms. The van der Waals surface area contributed by atoms with E-state index in [1.54, 1.807) is 0 Å². The third-order valence-corrected chi connectivity index (χ3v) is 4.70. The lowest BCUT2D eigenvalue weighted by Gasteiger charge is -2.18. The molecule has 1 atom stereocenters. The zero-order valence-corrected chi connectivity index (χ0v) is 16.4. The Kier molecular flexibility index (Phi) is 5.13. The molecule has 0 unspecified atom stereocenters. The Morgan fingerprint density at radius 2 is 1.54 bits per heavy atom. The number of anilines is 1. The molecule has 0 saturated heterocycles. The first kappa shape index (κ1) is 18.3. The van der Waals surface area contributed by atoms with Gasteiger partial charge in [-0.15, -0.1) is 10.2 Å². The molecule has 0 aliphatic carbocycles. The number of benzene rings is 3. The van der Waals surface area contributed by atoms with Crippen LogP contribution < -0.4 is 5.32 Å². The van der Waals surface area contributed by atoms with Crippen molar-refractivity contribution in [1.29, 1.82) is 0 Å². The number of aromatic nitrogens is 2. The molecular weight excluding hydrogens is 370 g/mol. The summed E-state index contributed by atoms with van der Waals surface area (Å²) in [5.74, 6) is 0.997. The van der Waals surface area contributed by atoms with Crippen LogP contribution in [-0.4, -0.2) is 10.2 Å². The van der Waals surface area contributed by atoms with Crippen LogP contribution in [0, 0.1) is 13.8 Å². The van der Waals surface area contributed by atoms with E-state index < -0.39 is 0 Å². The van der Waals surface area contributed by atoms with Crippen LogP contribution in [0.1, 0.15) is 28.6 Å². The lowest BCUT2D eigenvalue weighted by molar-refractivity contribution is 0.494. The standard InChI is InChI=1S/C23H20ClN3O/c1-15-12-16(2)14-20(13-15)25-21(17-8-10-19(24)11-9-17)23-27-26-22(28-23)18-6-4-3-5-7-18/h3-14,21,25H,1-2H3/t21-/m1/s1. The highest BCUT2D eigenvalue weighted by Gasteiger charge is 2.22. The molecule has 4 aromatic rings. The molecule has 4 rings (SSSR count). The molecule has 0 aliphatic heterocycles. The van der Waals surface area contributed by atoms with Gasteiger partial charge < -0.3 is 9.73 Å². The second-order valence-electron chi connectivity index (χ2n) is 6.82. The molecule has 140 valence electrons. The van der Waals surface area contributed by atoms with Crippen molar-refractivity contribution in [1.82, 2.24) is 10.2 Å². The fourth-order valence-electron chi connectivity index (χ4n) is 3.22. The summed E-state index contributed by atoms with van der Waals surface area (Å²) in [6.45, 7) is 4.16. The molecule has 5 heteroatoms. The minimum Gasteiger partial charge on any atom is -0.418 e. The summed E-state index contributed by atoms with van der Waals surface area (Å²) in [4.78, 5) is 0. The fraction of sp³-hybridized carbons (Fsp3) is 0.130. The van der Waals surface area contributed by atoms with Crippen LogP contribution in [0.15, 0.2) is 77.2 Å². The summed E-state index contributed by atoms with van der Waals surface area (Å²) in [7, 11) is 0. The molecular formula is C23H20ClN3O. The normalized spacial score (nSPS) is 12.0. The SMILES string of the molecule is Cc1cc(C)cc(N[C@H](c2ccc(Cl)cc2)c2nnc(-c3ccccc3)o2)c1. The van der Waals surface area contributed by atoms with Gasteiger partial charge in [0.25, 0.3) is 0 Å². The lowest BCUT2D eigenvalue weighted by Crippen LogP contribution is -2.13. The molecule has 0 aliphatic rings. The van der Waals surface area contributed by atoms with Crippen LogP contribution in [0.3, 0.4) is 0 Å². The first-order chi connectivity index (χ1) is 13.6. The summed E-state index contributed by atoms with van der Waals surface area (Å²) in [5, 5.41) is 12.8. The Morgan fingerprint density at radius 1 is 0.857 bits per heavy atom. The van der Waals surface area contributed by atoms with Crippen molar-refractivity contribution in [2.75, 3.05) is 5.32 Å². The first-order valence-corrected chi connectivity index (χ1v) is 9.45. The molecule has 1 heterocycles. The molecule has 3 aromatic carbocycles. The van der Waals surface area contributed by atoms with E-state index in [1.807, 2.05) is 54.6 Å². The largest absolute Gasteiger partial charge is 0.418 e. The second kappa shape index (κ2) is 7.87. The van der Waals surface area contributed by atoms with Gasteiger partial charge in [0.15, 0.2) is 0 Å². The van der Waals surface area contributed by atoms with Crippen LogP contribution >= 0.6 is 11.6 Å². The topological polar surface area (TPSA) is 51.0 Å². The summed E-state index contributed by atoms with van der Waals surface area (Å²) in [5.41, 5.74) is 5.26. The van der Waals surface area contributed by atoms with Gasteiger partial charge in [-0.1, -0.05) is 48.0 Å². The number of aryl methyl sites for hydroxylation is 2. The monoisotopic (exact) mass is 389 g/mol. The van der Waals surface area contributed by atoms with Crippen LogP contribution in [0.2, 0.25) is 5.02 Å². The van der Waals surface area contributed by atoms with Crippen molar-refractivity contribution in [2.45, 2.75) is 19.9 Å². The Hall–Kier alpha value is -3.11. The number of rotatable bonds is 5. The van der Waals surface area contributed by atoms with Gasteiger partial charge in [0.05, 0.1) is 0 Å². The maximum Gasteiger partial charge on any atom is 0.247 e. The molecule has 28 heavy (non-hydrogen) atoms. The highest BCUT2D eigenvalue weighted by Crippen LogP contribution is 2.29. The van der Waals surface area contributed by atoms with Gasteiger partial charge in [-0.25, -0.2) is 0 Å². The minimum atomic E-state index is -0.288. The van der Waals surface area contributed by atoms with Crippen molar-refractivity contribution in [2.24, 2.45) is 0 Å². The molecule has 1 N–H and O–H groups in total. The second-order valence-corrected chi connectivity index (χ2v) is 7.25.